The maximum Gasteiger partial charge on any atom is 0.234 e. The summed E-state index contributed by atoms with van der Waals surface area (Å²) in [6.45, 7) is 4.63. The summed E-state index contributed by atoms with van der Waals surface area (Å²) in [6.07, 6.45) is 0. The molecule has 1 heterocycles. The van der Waals surface area contributed by atoms with Crippen LogP contribution in [0.1, 0.15) is 22.6 Å². The lowest BCUT2D eigenvalue weighted by Crippen LogP contribution is -2.37. The molecule has 0 bridgehead atoms. The number of rotatable bonds is 5. The van der Waals surface area contributed by atoms with Gasteiger partial charge in [0.05, 0.1) is 6.54 Å². The molecule has 0 radical (unpaired) electrons. The number of hydrogen-bond acceptors (Lipinski definition) is 3. The van der Waals surface area contributed by atoms with Crippen LogP contribution in [0.15, 0.2) is 54.6 Å². The molecule has 2 atom stereocenters. The third kappa shape index (κ3) is 4.22. The van der Waals surface area contributed by atoms with Gasteiger partial charge in [0.15, 0.2) is 0 Å². The highest BCUT2D eigenvalue weighted by Gasteiger charge is 2.31. The van der Waals surface area contributed by atoms with Crippen LogP contribution >= 0.6 is 0 Å². The Balaban J connectivity index is 1.49. The van der Waals surface area contributed by atoms with E-state index in [4.69, 9.17) is 5.73 Å². The van der Waals surface area contributed by atoms with E-state index in [9.17, 15) is 4.79 Å². The quantitative estimate of drug-likeness (QED) is 0.885. The third-order valence-electron chi connectivity index (χ3n) is 4.65. The monoisotopic (exact) mass is 323 g/mol. The summed E-state index contributed by atoms with van der Waals surface area (Å²) in [5.74, 6) is 0.354. The molecule has 1 fully saturated rings. The summed E-state index contributed by atoms with van der Waals surface area (Å²) < 4.78 is 0. The van der Waals surface area contributed by atoms with Crippen LogP contribution in [0.2, 0.25) is 0 Å². The van der Waals surface area contributed by atoms with Crippen LogP contribution in [0, 0.1) is 6.92 Å². The molecule has 0 spiro atoms. The number of nitrogens with zero attached hydrogens (tertiary/aromatic N) is 1. The predicted molar refractivity (Wildman–Crippen MR) is 96.6 cm³/mol. The van der Waals surface area contributed by atoms with Crippen LogP contribution in [0.3, 0.4) is 0 Å². The summed E-state index contributed by atoms with van der Waals surface area (Å²) in [5, 5.41) is 2.99. The first-order valence-corrected chi connectivity index (χ1v) is 8.47. The average molecular weight is 323 g/mol. The average Bonchev–Trinajstić information content (AvgIpc) is 2.95. The highest BCUT2D eigenvalue weighted by Crippen LogP contribution is 2.25. The van der Waals surface area contributed by atoms with Crippen molar-refractivity contribution in [3.63, 3.8) is 0 Å². The summed E-state index contributed by atoms with van der Waals surface area (Å²) in [6, 6.07) is 18.6. The SMILES string of the molecule is Cc1ccc(CNC(=O)CN2C[C@@H](N)[C@H](c3ccccc3)C2)cc1. The minimum atomic E-state index is 0.0523. The van der Waals surface area contributed by atoms with E-state index in [0.29, 0.717) is 19.0 Å². The Kier molecular flexibility index (Phi) is 5.28. The second-order valence-electron chi connectivity index (χ2n) is 6.64. The van der Waals surface area contributed by atoms with Crippen molar-refractivity contribution < 1.29 is 4.79 Å². The van der Waals surface area contributed by atoms with Gasteiger partial charge in [-0.05, 0) is 18.1 Å². The molecule has 4 heteroatoms. The Hall–Kier alpha value is -2.17. The number of hydrogen-bond donors (Lipinski definition) is 2. The van der Waals surface area contributed by atoms with Crippen molar-refractivity contribution in [1.82, 2.24) is 10.2 Å². The van der Waals surface area contributed by atoms with Gasteiger partial charge in [0.25, 0.3) is 0 Å². The van der Waals surface area contributed by atoms with Crippen molar-refractivity contribution in [2.45, 2.75) is 25.4 Å². The fraction of sp³-hybridized carbons (Fsp3) is 0.350. The van der Waals surface area contributed by atoms with E-state index in [0.717, 1.165) is 18.7 Å². The number of nitrogens with two attached hydrogens (primary N) is 1. The molecule has 0 unspecified atom stereocenters. The molecule has 1 aliphatic rings. The number of likely N-dealkylation sites (tertiary alicyclic amines) is 1. The molecule has 3 N–H and O–H groups in total. The van der Waals surface area contributed by atoms with Crippen molar-refractivity contribution in [1.29, 1.82) is 0 Å². The first-order chi connectivity index (χ1) is 11.6. The van der Waals surface area contributed by atoms with E-state index in [1.54, 1.807) is 0 Å². The largest absolute Gasteiger partial charge is 0.351 e. The van der Waals surface area contributed by atoms with Gasteiger partial charge in [0.2, 0.25) is 5.91 Å². The molecular weight excluding hydrogens is 298 g/mol. The van der Waals surface area contributed by atoms with E-state index in [-0.39, 0.29) is 11.9 Å². The van der Waals surface area contributed by atoms with E-state index in [1.165, 1.54) is 11.1 Å². The van der Waals surface area contributed by atoms with Gasteiger partial charge in [0, 0.05) is 31.6 Å². The fourth-order valence-corrected chi connectivity index (χ4v) is 3.26. The first-order valence-electron chi connectivity index (χ1n) is 8.47. The van der Waals surface area contributed by atoms with Crippen molar-refractivity contribution in [3.8, 4) is 0 Å². The Morgan fingerprint density at radius 2 is 1.83 bits per heavy atom. The first kappa shape index (κ1) is 16.7. The molecule has 126 valence electrons. The molecule has 0 aromatic heterocycles. The lowest BCUT2D eigenvalue weighted by atomic mass is 9.95. The Morgan fingerprint density at radius 3 is 2.54 bits per heavy atom. The van der Waals surface area contributed by atoms with Gasteiger partial charge in [-0.1, -0.05) is 60.2 Å². The molecule has 1 amide bonds. The zero-order chi connectivity index (χ0) is 16.9. The van der Waals surface area contributed by atoms with E-state index < -0.39 is 0 Å². The normalized spacial score (nSPS) is 20.9. The standard InChI is InChI=1S/C20H25N3O/c1-15-7-9-16(10-8-15)11-22-20(24)14-23-12-18(19(21)13-23)17-5-3-2-4-6-17/h2-10,18-19H,11-14,21H2,1H3,(H,22,24)/t18-,19+/m0/s1. The number of carbonyl (C=O) groups excluding carboxylic acids is 1. The third-order valence-corrected chi connectivity index (χ3v) is 4.65. The molecule has 3 rings (SSSR count). The Morgan fingerprint density at radius 1 is 1.12 bits per heavy atom. The summed E-state index contributed by atoms with van der Waals surface area (Å²) in [5.41, 5.74) is 9.88. The number of aryl methyl sites for hydroxylation is 1. The van der Waals surface area contributed by atoms with Gasteiger partial charge in [0.1, 0.15) is 0 Å². The fourth-order valence-electron chi connectivity index (χ4n) is 3.26. The summed E-state index contributed by atoms with van der Waals surface area (Å²) in [4.78, 5) is 14.3. The van der Waals surface area contributed by atoms with E-state index >= 15 is 0 Å². The minimum absolute atomic E-state index is 0.0523. The predicted octanol–water partition coefficient (Wildman–Crippen LogP) is 2.04. The topological polar surface area (TPSA) is 58.4 Å². The van der Waals surface area contributed by atoms with Crippen LogP contribution in [0.4, 0.5) is 0 Å². The zero-order valence-electron chi connectivity index (χ0n) is 14.1. The van der Waals surface area contributed by atoms with Crippen molar-refractivity contribution in [3.05, 3.63) is 71.3 Å². The van der Waals surface area contributed by atoms with Gasteiger partial charge in [-0.3, -0.25) is 9.69 Å². The Labute approximate surface area is 143 Å². The van der Waals surface area contributed by atoms with Gasteiger partial charge >= 0.3 is 0 Å². The number of amides is 1. The van der Waals surface area contributed by atoms with Crippen molar-refractivity contribution in [2.24, 2.45) is 5.73 Å². The molecule has 0 aliphatic carbocycles. The molecule has 0 saturated carbocycles. The van der Waals surface area contributed by atoms with Crippen molar-refractivity contribution >= 4 is 5.91 Å². The molecule has 4 nitrogen and oxygen atoms in total. The highest BCUT2D eigenvalue weighted by atomic mass is 16.2. The number of benzene rings is 2. The second kappa shape index (κ2) is 7.60. The molecule has 24 heavy (non-hydrogen) atoms. The number of nitrogens with one attached hydrogen (secondary N) is 1. The smallest absolute Gasteiger partial charge is 0.234 e. The maximum atomic E-state index is 12.2. The maximum absolute atomic E-state index is 12.2. The van der Waals surface area contributed by atoms with Crippen LogP contribution in [-0.2, 0) is 11.3 Å². The van der Waals surface area contributed by atoms with E-state index in [2.05, 4.69) is 41.4 Å². The van der Waals surface area contributed by atoms with E-state index in [1.807, 2.05) is 30.3 Å². The number of carbonyl (C=O) groups is 1. The minimum Gasteiger partial charge on any atom is -0.351 e. The molecule has 1 aliphatic heterocycles. The summed E-state index contributed by atoms with van der Waals surface area (Å²) in [7, 11) is 0. The van der Waals surface area contributed by atoms with Gasteiger partial charge in [-0.25, -0.2) is 0 Å². The lowest BCUT2D eigenvalue weighted by Gasteiger charge is -2.16. The van der Waals surface area contributed by atoms with Crippen LogP contribution < -0.4 is 11.1 Å². The second-order valence-corrected chi connectivity index (χ2v) is 6.64. The van der Waals surface area contributed by atoms with Gasteiger partial charge in [-0.2, -0.15) is 0 Å². The molecule has 2 aromatic rings. The lowest BCUT2D eigenvalue weighted by molar-refractivity contribution is -0.122. The van der Waals surface area contributed by atoms with Crippen LogP contribution in [-0.4, -0.2) is 36.5 Å². The summed E-state index contributed by atoms with van der Waals surface area (Å²) >= 11 is 0. The van der Waals surface area contributed by atoms with Gasteiger partial charge < -0.3 is 11.1 Å². The highest BCUT2D eigenvalue weighted by molar-refractivity contribution is 5.78. The van der Waals surface area contributed by atoms with Crippen molar-refractivity contribution in [2.75, 3.05) is 19.6 Å². The van der Waals surface area contributed by atoms with Crippen LogP contribution in [0.5, 0.6) is 0 Å². The van der Waals surface area contributed by atoms with Crippen LogP contribution in [0.25, 0.3) is 0 Å². The molecule has 2 aromatic carbocycles. The molecular formula is C20H25N3O. The molecule has 1 saturated heterocycles. The Bertz CT molecular complexity index is 669. The zero-order valence-corrected chi connectivity index (χ0v) is 14.1. The van der Waals surface area contributed by atoms with Gasteiger partial charge in [-0.15, -0.1) is 0 Å².